The molecule has 0 aromatic rings. The molecule has 1 saturated heterocycles. The van der Waals surface area contributed by atoms with Crippen LogP contribution < -0.4 is 0 Å². The van der Waals surface area contributed by atoms with E-state index in [4.69, 9.17) is 14.2 Å². The molecule has 146 valence electrons. The lowest BCUT2D eigenvalue weighted by Crippen LogP contribution is -2.58. The maximum Gasteiger partial charge on any atom is 0.336 e. The van der Waals surface area contributed by atoms with Crippen LogP contribution in [0, 0.1) is 17.3 Å². The summed E-state index contributed by atoms with van der Waals surface area (Å²) in [6.07, 6.45) is -0.0370. The Morgan fingerprint density at radius 3 is 2.78 bits per heavy atom. The van der Waals surface area contributed by atoms with E-state index in [1.807, 2.05) is 6.92 Å². The predicted octanol–water partition coefficient (Wildman–Crippen LogP) is 1.01. The van der Waals surface area contributed by atoms with Gasteiger partial charge in [0, 0.05) is 16.9 Å². The molecule has 7 atom stereocenters. The van der Waals surface area contributed by atoms with E-state index in [2.05, 4.69) is 13.2 Å². The van der Waals surface area contributed by atoms with Crippen LogP contribution in [0.25, 0.3) is 0 Å². The molecule has 0 spiro atoms. The van der Waals surface area contributed by atoms with Crippen molar-refractivity contribution in [3.05, 3.63) is 36.0 Å². The quantitative estimate of drug-likeness (QED) is 0.421. The van der Waals surface area contributed by atoms with Crippen molar-refractivity contribution in [2.75, 3.05) is 6.61 Å². The summed E-state index contributed by atoms with van der Waals surface area (Å²) < 4.78 is 16.3. The zero-order chi connectivity index (χ0) is 19.5. The molecule has 7 heteroatoms. The maximum atomic E-state index is 12.5. The Balaban J connectivity index is 1.66. The van der Waals surface area contributed by atoms with Gasteiger partial charge in [-0.05, 0) is 25.3 Å². The van der Waals surface area contributed by atoms with Crippen molar-refractivity contribution in [3.63, 3.8) is 0 Å². The third-order valence-electron chi connectivity index (χ3n) is 6.56. The van der Waals surface area contributed by atoms with Gasteiger partial charge in [-0.2, -0.15) is 0 Å². The summed E-state index contributed by atoms with van der Waals surface area (Å²) >= 11 is 0. The summed E-state index contributed by atoms with van der Waals surface area (Å²) in [6, 6.07) is 0. The lowest BCUT2D eigenvalue weighted by atomic mass is 9.53. The van der Waals surface area contributed by atoms with Gasteiger partial charge >= 0.3 is 11.9 Å². The predicted molar refractivity (Wildman–Crippen MR) is 93.0 cm³/mol. The van der Waals surface area contributed by atoms with Crippen LogP contribution in [0.1, 0.15) is 26.2 Å². The van der Waals surface area contributed by atoms with Crippen LogP contribution >= 0.6 is 0 Å². The van der Waals surface area contributed by atoms with Gasteiger partial charge in [0.2, 0.25) is 0 Å². The van der Waals surface area contributed by atoms with Gasteiger partial charge in [-0.1, -0.05) is 25.7 Å². The minimum Gasteiger partial charge on any atom is -0.458 e. The van der Waals surface area contributed by atoms with E-state index in [0.29, 0.717) is 19.3 Å². The monoisotopic (exact) mass is 376 g/mol. The summed E-state index contributed by atoms with van der Waals surface area (Å²) in [5.74, 6) is -1.79. The van der Waals surface area contributed by atoms with Crippen molar-refractivity contribution in [1.82, 2.24) is 0 Å². The molecule has 0 amide bonds. The highest BCUT2D eigenvalue weighted by Gasteiger charge is 2.62. The van der Waals surface area contributed by atoms with Gasteiger partial charge in [0.15, 0.2) is 6.29 Å². The number of hydrogen-bond acceptors (Lipinski definition) is 7. The molecule has 2 saturated carbocycles. The summed E-state index contributed by atoms with van der Waals surface area (Å²) in [4.78, 5) is 24.7. The summed E-state index contributed by atoms with van der Waals surface area (Å²) in [7, 11) is 0. The molecule has 27 heavy (non-hydrogen) atoms. The zero-order valence-electron chi connectivity index (χ0n) is 15.2. The number of ether oxygens (including phenoxy) is 3. The molecule has 2 N–H and O–H groups in total. The van der Waals surface area contributed by atoms with Crippen LogP contribution in [0.3, 0.4) is 0 Å². The molecule has 0 aromatic heterocycles. The molecule has 0 unspecified atom stereocenters. The van der Waals surface area contributed by atoms with Crippen LogP contribution in [0.5, 0.6) is 0 Å². The van der Waals surface area contributed by atoms with Gasteiger partial charge in [0.05, 0.1) is 24.2 Å². The highest BCUT2D eigenvalue weighted by molar-refractivity contribution is 5.92. The number of fused-ring (bicyclic) bond motifs is 3. The molecule has 0 aromatic carbocycles. The van der Waals surface area contributed by atoms with E-state index in [9.17, 15) is 19.8 Å². The number of carbonyl (C=O) groups is 2. The fourth-order valence-electron chi connectivity index (χ4n) is 5.13. The van der Waals surface area contributed by atoms with Gasteiger partial charge < -0.3 is 24.4 Å². The summed E-state index contributed by atoms with van der Waals surface area (Å²) in [6.45, 7) is 9.91. The van der Waals surface area contributed by atoms with Crippen molar-refractivity contribution in [3.8, 4) is 0 Å². The molecular formula is C20H24O7. The van der Waals surface area contributed by atoms with Crippen LogP contribution in [0.15, 0.2) is 36.0 Å². The fraction of sp³-hybridized carbons (Fsp3) is 0.600. The highest BCUT2D eigenvalue weighted by atomic mass is 16.6. The molecule has 2 aliphatic heterocycles. The first-order chi connectivity index (χ1) is 12.7. The first-order valence-corrected chi connectivity index (χ1v) is 9.19. The molecule has 4 rings (SSSR count). The average Bonchev–Trinajstić information content (AvgIpc) is 3.15. The number of esters is 2. The second-order valence-corrected chi connectivity index (χ2v) is 8.16. The Morgan fingerprint density at radius 2 is 2.11 bits per heavy atom. The van der Waals surface area contributed by atoms with E-state index in [0.717, 1.165) is 5.57 Å². The van der Waals surface area contributed by atoms with E-state index in [1.54, 1.807) is 0 Å². The van der Waals surface area contributed by atoms with Gasteiger partial charge in [-0.25, -0.2) is 9.59 Å². The topological polar surface area (TPSA) is 102 Å². The third kappa shape index (κ3) is 2.76. The van der Waals surface area contributed by atoms with Gasteiger partial charge in [0.1, 0.15) is 12.2 Å². The van der Waals surface area contributed by atoms with E-state index < -0.39 is 47.9 Å². The van der Waals surface area contributed by atoms with Gasteiger partial charge in [-0.3, -0.25) is 0 Å². The summed E-state index contributed by atoms with van der Waals surface area (Å²) in [5.41, 5.74) is 0.840. The number of rotatable bonds is 2. The number of hydrogen-bond donors (Lipinski definition) is 2. The number of aliphatic hydroxyl groups is 2. The van der Waals surface area contributed by atoms with Crippen LogP contribution in [0.4, 0.5) is 0 Å². The second kappa shape index (κ2) is 6.29. The second-order valence-electron chi connectivity index (χ2n) is 8.16. The third-order valence-corrected chi connectivity index (χ3v) is 6.56. The summed E-state index contributed by atoms with van der Waals surface area (Å²) in [5, 5.41) is 20.1. The lowest BCUT2D eigenvalue weighted by molar-refractivity contribution is -0.175. The highest BCUT2D eigenvalue weighted by Crippen LogP contribution is 2.57. The molecule has 0 radical (unpaired) electrons. The zero-order valence-corrected chi connectivity index (χ0v) is 15.2. The van der Waals surface area contributed by atoms with Crippen molar-refractivity contribution >= 4 is 11.9 Å². The fourth-order valence-corrected chi connectivity index (χ4v) is 5.13. The van der Waals surface area contributed by atoms with Crippen molar-refractivity contribution in [2.45, 2.75) is 50.8 Å². The van der Waals surface area contributed by atoms with Gasteiger partial charge in [0.25, 0.3) is 0 Å². The first kappa shape index (κ1) is 18.4. The van der Waals surface area contributed by atoms with Crippen molar-refractivity contribution in [2.24, 2.45) is 17.3 Å². The molecule has 3 fully saturated rings. The molecule has 2 heterocycles. The Bertz CT molecular complexity index is 753. The minimum absolute atomic E-state index is 0.0312. The largest absolute Gasteiger partial charge is 0.458 e. The molecule has 7 nitrogen and oxygen atoms in total. The molecular weight excluding hydrogens is 352 g/mol. The molecule has 0 bridgehead atoms. The standard InChI is InChI=1S/C20H24O7/c1-9-4-5-13(21)20(3)7-12(26-19(24)11-6-14(22)25-8-11)15-10(2)18(23)27-17(15)16(9)20/h6,12-17,21-22H,1-2,4-5,7-8H2,3H3/t12-,13-,14-,15-,16-,17+,20+/m1/s1. The number of carbonyl (C=O) groups excluding carboxylic acids is 2. The van der Waals surface area contributed by atoms with Crippen LogP contribution in [-0.2, 0) is 23.8 Å². The van der Waals surface area contributed by atoms with E-state index in [-0.39, 0.29) is 23.7 Å². The van der Waals surface area contributed by atoms with E-state index >= 15 is 0 Å². The Hall–Kier alpha value is -1.96. The maximum absolute atomic E-state index is 12.5. The molecule has 2 aliphatic carbocycles. The Morgan fingerprint density at radius 1 is 1.37 bits per heavy atom. The normalized spacial score (nSPS) is 43.7. The molecule has 4 aliphatic rings. The average molecular weight is 376 g/mol. The van der Waals surface area contributed by atoms with E-state index in [1.165, 1.54) is 6.08 Å². The van der Waals surface area contributed by atoms with Crippen LogP contribution in [-0.4, -0.2) is 53.4 Å². The van der Waals surface area contributed by atoms with Gasteiger partial charge in [-0.15, -0.1) is 0 Å². The smallest absolute Gasteiger partial charge is 0.336 e. The minimum atomic E-state index is -1.12. The first-order valence-electron chi connectivity index (χ1n) is 9.19. The van der Waals surface area contributed by atoms with Crippen molar-refractivity contribution < 1.29 is 34.0 Å². The Labute approximate surface area is 157 Å². The Kier molecular flexibility index (Phi) is 4.29. The lowest BCUT2D eigenvalue weighted by Gasteiger charge is -2.54. The number of aliphatic hydroxyl groups excluding tert-OH is 2. The SMILES string of the molecule is C=C1C(=O)O[C@H]2[C@H]1[C@H](OC(=O)C1=C[C@H](O)OC1)C[C@@]1(C)[C@H](O)CCC(=C)[C@H]21. The van der Waals surface area contributed by atoms with Crippen molar-refractivity contribution in [1.29, 1.82) is 0 Å². The van der Waals surface area contributed by atoms with Crippen LogP contribution in [0.2, 0.25) is 0 Å².